The molecule has 2 amide bonds. The Labute approximate surface area is 154 Å². The average molecular weight is 358 g/mol. The molecule has 1 N–H and O–H groups in total. The van der Waals surface area contributed by atoms with Crippen LogP contribution in [0.4, 0.5) is 5.69 Å². The van der Waals surface area contributed by atoms with E-state index in [4.69, 9.17) is 9.47 Å². The van der Waals surface area contributed by atoms with Crippen molar-refractivity contribution in [1.29, 1.82) is 0 Å². The van der Waals surface area contributed by atoms with Crippen LogP contribution in [0.5, 0.6) is 5.75 Å². The molecule has 2 aliphatic rings. The van der Waals surface area contributed by atoms with Crippen LogP contribution in [-0.4, -0.2) is 50.1 Å². The summed E-state index contributed by atoms with van der Waals surface area (Å²) in [5, 5.41) is 2.81. The number of hydrogen-bond acceptors (Lipinski definition) is 4. The molecule has 1 aromatic carbocycles. The van der Waals surface area contributed by atoms with E-state index in [0.29, 0.717) is 17.5 Å². The largest absolute Gasteiger partial charge is 0.496 e. The van der Waals surface area contributed by atoms with Crippen LogP contribution in [0.2, 0.25) is 0 Å². The second-order valence-corrected chi connectivity index (χ2v) is 7.17. The van der Waals surface area contributed by atoms with Crippen molar-refractivity contribution < 1.29 is 19.1 Å². The summed E-state index contributed by atoms with van der Waals surface area (Å²) < 4.78 is 10.9. The maximum absolute atomic E-state index is 12.6. The summed E-state index contributed by atoms with van der Waals surface area (Å²) in [6.45, 7) is 6.35. The van der Waals surface area contributed by atoms with E-state index in [1.54, 1.807) is 19.3 Å². The molecule has 0 spiro atoms. The highest BCUT2D eigenvalue weighted by Gasteiger charge is 2.32. The number of methoxy groups -OCH3 is 1. The average Bonchev–Trinajstić information content (AvgIpc) is 2.60. The van der Waals surface area contributed by atoms with Gasteiger partial charge >= 0.3 is 0 Å². The molecule has 2 atom stereocenters. The van der Waals surface area contributed by atoms with Gasteiger partial charge < -0.3 is 19.7 Å². The topological polar surface area (TPSA) is 67.9 Å². The summed E-state index contributed by atoms with van der Waals surface area (Å²) in [5.74, 6) is 1.44. The van der Waals surface area contributed by atoms with Crippen LogP contribution in [-0.2, 0) is 14.3 Å². The van der Waals surface area contributed by atoms with Gasteiger partial charge in [-0.05, 0) is 37.1 Å². The van der Waals surface area contributed by atoms with E-state index in [1.165, 1.54) is 6.92 Å². The molecule has 3 rings (SSSR count). The Balaban J connectivity index is 1.78. The predicted octanol–water partition coefficient (Wildman–Crippen LogP) is 2.47. The lowest BCUT2D eigenvalue weighted by Gasteiger charge is -2.40. The van der Waals surface area contributed by atoms with Gasteiger partial charge in [-0.3, -0.25) is 9.59 Å². The summed E-state index contributed by atoms with van der Waals surface area (Å²) in [6.07, 6.45) is 4.48. The molecule has 0 aliphatic carbocycles. The van der Waals surface area contributed by atoms with Gasteiger partial charge in [-0.2, -0.15) is 0 Å². The number of benzene rings is 1. The van der Waals surface area contributed by atoms with Crippen molar-refractivity contribution in [3.8, 4) is 5.75 Å². The number of aryl methyl sites for hydroxylation is 1. The van der Waals surface area contributed by atoms with E-state index in [0.717, 1.165) is 49.6 Å². The van der Waals surface area contributed by atoms with Gasteiger partial charge in [0.1, 0.15) is 5.75 Å². The van der Waals surface area contributed by atoms with Crippen LogP contribution in [0, 0.1) is 18.8 Å². The third-order valence-electron chi connectivity index (χ3n) is 4.93. The van der Waals surface area contributed by atoms with Crippen LogP contribution in [0.3, 0.4) is 0 Å². The number of piperidine rings is 1. The highest BCUT2D eigenvalue weighted by molar-refractivity contribution is 5.95. The normalized spacial score (nSPS) is 22.3. The first kappa shape index (κ1) is 18.5. The smallest absolute Gasteiger partial charge is 0.246 e. The number of carbonyl (C=O) groups excluding carboxylic acids is 2. The zero-order chi connectivity index (χ0) is 18.7. The molecular formula is C20H26N2O4. The minimum Gasteiger partial charge on any atom is -0.496 e. The van der Waals surface area contributed by atoms with Gasteiger partial charge in [-0.1, -0.05) is 0 Å². The van der Waals surface area contributed by atoms with Crippen molar-refractivity contribution in [3.63, 3.8) is 0 Å². The molecular weight excluding hydrogens is 332 g/mol. The Morgan fingerprint density at radius 3 is 2.58 bits per heavy atom. The van der Waals surface area contributed by atoms with Crippen LogP contribution in [0.15, 0.2) is 18.2 Å². The summed E-state index contributed by atoms with van der Waals surface area (Å²) in [6, 6.07) is 3.69. The van der Waals surface area contributed by atoms with E-state index in [-0.39, 0.29) is 11.8 Å². The lowest BCUT2D eigenvalue weighted by atomic mass is 9.88. The van der Waals surface area contributed by atoms with Crippen molar-refractivity contribution in [1.82, 2.24) is 4.90 Å². The van der Waals surface area contributed by atoms with E-state index in [2.05, 4.69) is 5.32 Å². The first-order valence-electron chi connectivity index (χ1n) is 8.97. The molecule has 0 radical (unpaired) electrons. The molecule has 6 nitrogen and oxygen atoms in total. The maximum atomic E-state index is 12.6. The van der Waals surface area contributed by atoms with Crippen molar-refractivity contribution in [2.75, 3.05) is 38.7 Å². The molecule has 2 aliphatic heterocycles. The number of anilines is 1. The molecule has 140 valence electrons. The molecule has 2 fully saturated rings. The SMILES string of the molecule is COc1cc(/C=C/C(=O)N2CC3COCC(C3)C2)c(NC(C)=O)cc1C. The highest BCUT2D eigenvalue weighted by Crippen LogP contribution is 2.29. The standard InChI is InChI=1S/C20H26N2O4/c1-13-6-18(21-14(2)23)17(8-19(13)25-3)4-5-20(24)22-9-15-7-16(10-22)12-26-11-15/h4-6,8,15-16H,7,9-12H2,1-3H3,(H,21,23)/b5-4+. The van der Waals surface area contributed by atoms with Crippen LogP contribution >= 0.6 is 0 Å². The zero-order valence-electron chi connectivity index (χ0n) is 15.6. The van der Waals surface area contributed by atoms with Crippen LogP contribution in [0.1, 0.15) is 24.5 Å². The van der Waals surface area contributed by atoms with Crippen LogP contribution in [0.25, 0.3) is 6.08 Å². The quantitative estimate of drug-likeness (QED) is 0.840. The van der Waals surface area contributed by atoms with Crippen LogP contribution < -0.4 is 10.1 Å². The molecule has 0 saturated carbocycles. The highest BCUT2D eigenvalue weighted by atomic mass is 16.5. The predicted molar refractivity (Wildman–Crippen MR) is 100 cm³/mol. The van der Waals surface area contributed by atoms with Gasteiger partial charge in [0.2, 0.25) is 11.8 Å². The molecule has 6 heteroatoms. The number of carbonyl (C=O) groups is 2. The van der Waals surface area contributed by atoms with Gasteiger partial charge in [0.25, 0.3) is 0 Å². The third-order valence-corrected chi connectivity index (χ3v) is 4.93. The van der Waals surface area contributed by atoms with Gasteiger partial charge in [0.15, 0.2) is 0 Å². The Morgan fingerprint density at radius 2 is 1.96 bits per heavy atom. The molecule has 2 heterocycles. The lowest BCUT2D eigenvalue weighted by Crippen LogP contribution is -2.48. The van der Waals surface area contributed by atoms with Crippen molar-refractivity contribution in [3.05, 3.63) is 29.3 Å². The van der Waals surface area contributed by atoms with E-state index in [9.17, 15) is 9.59 Å². The minimum absolute atomic E-state index is 0.00471. The van der Waals surface area contributed by atoms with Gasteiger partial charge in [-0.25, -0.2) is 0 Å². The number of rotatable bonds is 4. The number of likely N-dealkylation sites (tertiary alicyclic amines) is 1. The Bertz CT molecular complexity index is 717. The minimum atomic E-state index is -0.153. The van der Waals surface area contributed by atoms with E-state index >= 15 is 0 Å². The van der Waals surface area contributed by atoms with Crippen molar-refractivity contribution >= 4 is 23.6 Å². The molecule has 0 aromatic heterocycles. The molecule has 1 aromatic rings. The van der Waals surface area contributed by atoms with Gasteiger partial charge in [0, 0.05) is 49.2 Å². The number of nitrogens with zero attached hydrogens (tertiary/aromatic N) is 1. The Kier molecular flexibility index (Phi) is 5.61. The molecule has 26 heavy (non-hydrogen) atoms. The summed E-state index contributed by atoms with van der Waals surface area (Å²) in [4.78, 5) is 26.0. The fourth-order valence-corrected chi connectivity index (χ4v) is 3.77. The fourth-order valence-electron chi connectivity index (χ4n) is 3.77. The van der Waals surface area contributed by atoms with Crippen molar-refractivity contribution in [2.24, 2.45) is 11.8 Å². The Hall–Kier alpha value is -2.34. The van der Waals surface area contributed by atoms with Gasteiger partial charge in [-0.15, -0.1) is 0 Å². The number of nitrogens with one attached hydrogen (secondary N) is 1. The number of ether oxygens (including phenoxy) is 2. The first-order valence-corrected chi connectivity index (χ1v) is 8.97. The third kappa shape index (κ3) is 4.25. The molecule has 2 bridgehead atoms. The monoisotopic (exact) mass is 358 g/mol. The number of amides is 2. The fraction of sp³-hybridized carbons (Fsp3) is 0.500. The van der Waals surface area contributed by atoms with E-state index in [1.807, 2.05) is 24.0 Å². The summed E-state index contributed by atoms with van der Waals surface area (Å²) in [7, 11) is 1.60. The molecule has 2 unspecified atom stereocenters. The van der Waals surface area contributed by atoms with Crippen molar-refractivity contribution in [2.45, 2.75) is 20.3 Å². The van der Waals surface area contributed by atoms with Gasteiger partial charge in [0.05, 0.1) is 20.3 Å². The number of hydrogen-bond donors (Lipinski definition) is 1. The zero-order valence-corrected chi connectivity index (χ0v) is 15.6. The number of fused-ring (bicyclic) bond motifs is 2. The second kappa shape index (κ2) is 7.91. The lowest BCUT2D eigenvalue weighted by molar-refractivity contribution is -0.133. The van der Waals surface area contributed by atoms with E-state index < -0.39 is 0 Å². The maximum Gasteiger partial charge on any atom is 0.246 e. The second-order valence-electron chi connectivity index (χ2n) is 7.17. The summed E-state index contributed by atoms with van der Waals surface area (Å²) >= 11 is 0. The Morgan fingerprint density at radius 1 is 1.27 bits per heavy atom. The summed E-state index contributed by atoms with van der Waals surface area (Å²) in [5.41, 5.74) is 2.34. The molecule has 2 saturated heterocycles. The first-order chi connectivity index (χ1) is 12.5.